The SMILES string of the molecule is CC1=C(C(C)(C)C)[B]Cc2cc(C)c(C)cc21. The molecule has 0 aromatic heterocycles. The Bertz CT molecular complexity index is 487. The van der Waals surface area contributed by atoms with Gasteiger partial charge in [-0.1, -0.05) is 43.9 Å². The van der Waals surface area contributed by atoms with Gasteiger partial charge >= 0.3 is 0 Å². The zero-order valence-corrected chi connectivity index (χ0v) is 11.9. The summed E-state index contributed by atoms with van der Waals surface area (Å²) < 4.78 is 0. The summed E-state index contributed by atoms with van der Waals surface area (Å²) in [6.45, 7) is 13.6. The van der Waals surface area contributed by atoms with Crippen LogP contribution in [0.25, 0.3) is 5.57 Å². The van der Waals surface area contributed by atoms with Crippen molar-refractivity contribution in [3.63, 3.8) is 0 Å². The molecule has 1 aliphatic heterocycles. The van der Waals surface area contributed by atoms with Crippen molar-refractivity contribution < 1.29 is 0 Å². The Morgan fingerprint density at radius 3 is 2.18 bits per heavy atom. The van der Waals surface area contributed by atoms with Crippen molar-refractivity contribution in [2.24, 2.45) is 5.41 Å². The molecule has 1 heteroatoms. The van der Waals surface area contributed by atoms with E-state index in [0.29, 0.717) is 0 Å². The largest absolute Gasteiger partial charge is 0.151 e. The summed E-state index contributed by atoms with van der Waals surface area (Å²) in [5, 5.41) is 0. The van der Waals surface area contributed by atoms with Crippen LogP contribution < -0.4 is 0 Å². The summed E-state index contributed by atoms with van der Waals surface area (Å²) in [6.07, 6.45) is 1.08. The van der Waals surface area contributed by atoms with Gasteiger partial charge in [0.05, 0.1) is 0 Å². The number of benzene rings is 1. The number of allylic oxidation sites excluding steroid dienone is 2. The van der Waals surface area contributed by atoms with Gasteiger partial charge in [-0.05, 0) is 54.8 Å². The highest BCUT2D eigenvalue weighted by molar-refractivity contribution is 6.48. The highest BCUT2D eigenvalue weighted by Gasteiger charge is 2.25. The van der Waals surface area contributed by atoms with Gasteiger partial charge in [0.2, 0.25) is 0 Å². The normalized spacial score (nSPS) is 15.6. The molecule has 0 spiro atoms. The van der Waals surface area contributed by atoms with Crippen molar-refractivity contribution in [1.82, 2.24) is 0 Å². The van der Waals surface area contributed by atoms with E-state index in [1.54, 1.807) is 0 Å². The van der Waals surface area contributed by atoms with Crippen LogP contribution in [0.15, 0.2) is 17.6 Å². The molecule has 0 aliphatic carbocycles. The van der Waals surface area contributed by atoms with Crippen LogP contribution >= 0.6 is 0 Å². The second-order valence-corrected chi connectivity index (χ2v) is 6.29. The molecule has 1 heterocycles. The summed E-state index contributed by atoms with van der Waals surface area (Å²) in [7, 11) is 2.41. The third kappa shape index (κ3) is 2.20. The molecule has 0 bridgehead atoms. The monoisotopic (exact) mass is 225 g/mol. The maximum absolute atomic E-state index is 2.41. The number of rotatable bonds is 0. The van der Waals surface area contributed by atoms with Gasteiger partial charge in [-0.3, -0.25) is 0 Å². The lowest BCUT2D eigenvalue weighted by Gasteiger charge is -2.31. The van der Waals surface area contributed by atoms with E-state index in [0.717, 1.165) is 6.32 Å². The van der Waals surface area contributed by atoms with Crippen LogP contribution in [0.3, 0.4) is 0 Å². The molecule has 2 rings (SSSR count). The van der Waals surface area contributed by atoms with Crippen LogP contribution in [0.2, 0.25) is 0 Å². The lowest BCUT2D eigenvalue weighted by Crippen LogP contribution is -2.22. The number of fused-ring (bicyclic) bond motifs is 1. The summed E-state index contributed by atoms with van der Waals surface area (Å²) in [4.78, 5) is 0. The van der Waals surface area contributed by atoms with E-state index in [1.165, 1.54) is 33.3 Å². The van der Waals surface area contributed by atoms with Crippen LogP contribution in [0.4, 0.5) is 0 Å². The third-order valence-corrected chi connectivity index (χ3v) is 3.86. The van der Waals surface area contributed by atoms with Gasteiger partial charge in [-0.15, -0.1) is 0 Å². The van der Waals surface area contributed by atoms with Gasteiger partial charge in [0.25, 0.3) is 0 Å². The fourth-order valence-corrected chi connectivity index (χ4v) is 2.77. The summed E-state index contributed by atoms with van der Waals surface area (Å²) >= 11 is 0. The van der Waals surface area contributed by atoms with Crippen LogP contribution in [-0.4, -0.2) is 7.28 Å². The molecule has 0 atom stereocenters. The Morgan fingerprint density at radius 2 is 1.59 bits per heavy atom. The Labute approximate surface area is 106 Å². The summed E-state index contributed by atoms with van der Waals surface area (Å²) in [5.74, 6) is 0. The molecule has 0 unspecified atom stereocenters. The molecular weight excluding hydrogens is 203 g/mol. The van der Waals surface area contributed by atoms with E-state index in [1.807, 2.05) is 0 Å². The molecular formula is C16H22B. The molecule has 1 radical (unpaired) electrons. The first-order chi connectivity index (χ1) is 7.80. The van der Waals surface area contributed by atoms with Crippen molar-refractivity contribution in [2.75, 3.05) is 0 Å². The minimum atomic E-state index is 0.251. The quantitative estimate of drug-likeness (QED) is 0.577. The molecule has 0 saturated heterocycles. The smallest absolute Gasteiger partial charge is 0.0998 e. The second kappa shape index (κ2) is 4.05. The number of hydrogen-bond donors (Lipinski definition) is 0. The number of aryl methyl sites for hydroxylation is 2. The zero-order valence-electron chi connectivity index (χ0n) is 11.9. The second-order valence-electron chi connectivity index (χ2n) is 6.29. The molecule has 1 aliphatic rings. The van der Waals surface area contributed by atoms with Gasteiger partial charge in [0.1, 0.15) is 0 Å². The van der Waals surface area contributed by atoms with E-state index < -0.39 is 0 Å². The van der Waals surface area contributed by atoms with E-state index in [-0.39, 0.29) is 5.41 Å². The maximum atomic E-state index is 2.41. The third-order valence-electron chi connectivity index (χ3n) is 3.86. The number of hydrogen-bond acceptors (Lipinski definition) is 0. The van der Waals surface area contributed by atoms with E-state index in [4.69, 9.17) is 0 Å². The standard InChI is InChI=1S/C16H22B/c1-10-7-13-9-17-15(16(4,5)6)12(3)14(13)8-11(10)2/h7-8H,9H2,1-6H3. The van der Waals surface area contributed by atoms with Gasteiger partial charge < -0.3 is 0 Å². The lowest BCUT2D eigenvalue weighted by atomic mass is 9.51. The molecule has 0 saturated carbocycles. The predicted molar refractivity (Wildman–Crippen MR) is 77.4 cm³/mol. The fraction of sp³-hybridized carbons (Fsp3) is 0.500. The van der Waals surface area contributed by atoms with Gasteiger partial charge in [-0.2, -0.15) is 0 Å². The minimum Gasteiger partial charge on any atom is -0.0998 e. The molecule has 0 amide bonds. The molecule has 0 nitrogen and oxygen atoms in total. The molecule has 89 valence electrons. The first kappa shape index (κ1) is 12.5. The van der Waals surface area contributed by atoms with Crippen LogP contribution in [0.1, 0.15) is 49.9 Å². The van der Waals surface area contributed by atoms with Crippen LogP contribution in [0.5, 0.6) is 0 Å². The van der Waals surface area contributed by atoms with E-state index in [2.05, 4.69) is 61.0 Å². The van der Waals surface area contributed by atoms with Crippen molar-refractivity contribution >= 4 is 12.9 Å². The van der Waals surface area contributed by atoms with Crippen molar-refractivity contribution in [2.45, 2.75) is 47.9 Å². The van der Waals surface area contributed by atoms with Gasteiger partial charge in [-0.25, -0.2) is 0 Å². The zero-order chi connectivity index (χ0) is 12.8. The predicted octanol–water partition coefficient (Wildman–Crippen LogP) is 4.30. The molecule has 1 aromatic carbocycles. The average Bonchev–Trinajstić information content (AvgIpc) is 2.19. The summed E-state index contributed by atoms with van der Waals surface area (Å²) in [5.41, 5.74) is 8.97. The first-order valence-corrected chi connectivity index (χ1v) is 6.46. The highest BCUT2D eigenvalue weighted by Crippen LogP contribution is 2.37. The van der Waals surface area contributed by atoms with Crippen LogP contribution in [-0.2, 0) is 6.32 Å². The maximum Gasteiger partial charge on any atom is 0.151 e. The van der Waals surface area contributed by atoms with E-state index >= 15 is 0 Å². The molecule has 1 aromatic rings. The average molecular weight is 225 g/mol. The topological polar surface area (TPSA) is 0 Å². The van der Waals surface area contributed by atoms with Gasteiger partial charge in [0, 0.05) is 0 Å². The van der Waals surface area contributed by atoms with Gasteiger partial charge in [0.15, 0.2) is 7.28 Å². The molecule has 0 N–H and O–H groups in total. The molecule has 0 fully saturated rings. The lowest BCUT2D eigenvalue weighted by molar-refractivity contribution is 0.529. The summed E-state index contributed by atoms with van der Waals surface area (Å²) in [6, 6.07) is 4.71. The Hall–Kier alpha value is -0.975. The first-order valence-electron chi connectivity index (χ1n) is 6.46. The van der Waals surface area contributed by atoms with E-state index in [9.17, 15) is 0 Å². The van der Waals surface area contributed by atoms with Crippen LogP contribution in [0, 0.1) is 19.3 Å². The van der Waals surface area contributed by atoms with Crippen molar-refractivity contribution in [3.05, 3.63) is 39.9 Å². The van der Waals surface area contributed by atoms with Crippen molar-refractivity contribution in [3.8, 4) is 0 Å². The Kier molecular flexibility index (Phi) is 2.97. The minimum absolute atomic E-state index is 0.251. The molecule has 17 heavy (non-hydrogen) atoms. The Morgan fingerprint density at radius 1 is 1.00 bits per heavy atom. The fourth-order valence-electron chi connectivity index (χ4n) is 2.77. The highest BCUT2D eigenvalue weighted by atomic mass is 14.2. The van der Waals surface area contributed by atoms with Crippen molar-refractivity contribution in [1.29, 1.82) is 0 Å². The Balaban J connectivity index is 2.60.